The minimum absolute atomic E-state index is 0.370. The van der Waals surface area contributed by atoms with Crippen LogP contribution < -0.4 is 10.2 Å². The fourth-order valence-corrected chi connectivity index (χ4v) is 3.87. The Morgan fingerprint density at radius 2 is 1.77 bits per heavy atom. The number of hydrogen-bond donors (Lipinski definition) is 1. The normalized spacial score (nSPS) is 20.4. The van der Waals surface area contributed by atoms with Crippen molar-refractivity contribution in [2.24, 2.45) is 4.99 Å². The summed E-state index contributed by atoms with van der Waals surface area (Å²) in [5.41, 5.74) is 2.31. The van der Waals surface area contributed by atoms with E-state index in [1.54, 1.807) is 0 Å². The van der Waals surface area contributed by atoms with Crippen molar-refractivity contribution >= 4 is 11.6 Å². The van der Waals surface area contributed by atoms with E-state index in [1.165, 1.54) is 17.5 Å². The number of rotatable bonds is 5. The molecule has 1 unspecified atom stereocenters. The molecular formula is C21H32F3N5O. The summed E-state index contributed by atoms with van der Waals surface area (Å²) >= 11 is 0. The van der Waals surface area contributed by atoms with Gasteiger partial charge >= 0.3 is 6.18 Å². The standard InChI is InChI=1S/C21H32F3N5O/c1-3-25-20(29-10-8-27(9-11-29)17(2)21(22,23)24)26-16-18-6-4-5-7-19(18)28-12-14-30-15-13-28/h4-7,17H,3,8-16H2,1-2H3,(H,25,26). The summed E-state index contributed by atoms with van der Waals surface area (Å²) in [6.07, 6.45) is -4.19. The van der Waals surface area contributed by atoms with Crippen LogP contribution in [0.2, 0.25) is 0 Å². The van der Waals surface area contributed by atoms with E-state index in [-0.39, 0.29) is 0 Å². The highest BCUT2D eigenvalue weighted by Crippen LogP contribution is 2.25. The second-order valence-electron chi connectivity index (χ2n) is 7.64. The second-order valence-corrected chi connectivity index (χ2v) is 7.64. The van der Waals surface area contributed by atoms with Crippen molar-refractivity contribution in [2.45, 2.75) is 32.6 Å². The molecule has 0 saturated carbocycles. The van der Waals surface area contributed by atoms with Crippen LogP contribution in [0.1, 0.15) is 19.4 Å². The highest BCUT2D eigenvalue weighted by atomic mass is 19.4. The van der Waals surface area contributed by atoms with E-state index in [1.807, 2.05) is 19.1 Å². The minimum atomic E-state index is -4.19. The lowest BCUT2D eigenvalue weighted by Gasteiger charge is -2.39. The fraction of sp³-hybridized carbons (Fsp3) is 0.667. The van der Waals surface area contributed by atoms with Gasteiger partial charge in [0.05, 0.1) is 19.8 Å². The van der Waals surface area contributed by atoms with Gasteiger partial charge in [-0.3, -0.25) is 4.90 Å². The number of nitrogens with zero attached hydrogens (tertiary/aromatic N) is 4. The first-order chi connectivity index (χ1) is 14.4. The molecule has 0 aliphatic carbocycles. The lowest BCUT2D eigenvalue weighted by molar-refractivity contribution is -0.181. The Morgan fingerprint density at radius 3 is 2.40 bits per heavy atom. The van der Waals surface area contributed by atoms with Crippen molar-refractivity contribution in [1.82, 2.24) is 15.1 Å². The van der Waals surface area contributed by atoms with Gasteiger partial charge in [-0.05, 0) is 25.5 Å². The predicted octanol–water partition coefficient (Wildman–Crippen LogP) is 2.56. The summed E-state index contributed by atoms with van der Waals surface area (Å²) in [6.45, 7) is 9.43. The number of guanidine groups is 1. The molecule has 2 aliphatic rings. The summed E-state index contributed by atoms with van der Waals surface area (Å²) in [6, 6.07) is 6.82. The molecule has 2 aliphatic heterocycles. The molecule has 1 aromatic rings. The summed E-state index contributed by atoms with van der Waals surface area (Å²) in [7, 11) is 0. The fourth-order valence-electron chi connectivity index (χ4n) is 3.87. The summed E-state index contributed by atoms with van der Waals surface area (Å²) in [5.74, 6) is 0.758. The summed E-state index contributed by atoms with van der Waals surface area (Å²) in [5, 5.41) is 3.30. The molecular weight excluding hydrogens is 395 g/mol. The minimum Gasteiger partial charge on any atom is -0.378 e. The molecule has 0 amide bonds. The van der Waals surface area contributed by atoms with Crippen LogP contribution in [0.3, 0.4) is 0 Å². The number of benzene rings is 1. The van der Waals surface area contributed by atoms with E-state index in [9.17, 15) is 13.2 Å². The predicted molar refractivity (Wildman–Crippen MR) is 113 cm³/mol. The van der Waals surface area contributed by atoms with Crippen LogP contribution in [0.25, 0.3) is 0 Å². The first-order valence-electron chi connectivity index (χ1n) is 10.6. The molecule has 9 heteroatoms. The van der Waals surface area contributed by atoms with Crippen molar-refractivity contribution in [3.05, 3.63) is 29.8 Å². The molecule has 30 heavy (non-hydrogen) atoms. The van der Waals surface area contributed by atoms with Gasteiger partial charge in [-0.25, -0.2) is 4.99 Å². The number of nitrogens with one attached hydrogen (secondary N) is 1. The van der Waals surface area contributed by atoms with Crippen LogP contribution in [-0.4, -0.2) is 87.0 Å². The second kappa shape index (κ2) is 10.3. The number of hydrogen-bond acceptors (Lipinski definition) is 4. The Morgan fingerprint density at radius 1 is 1.10 bits per heavy atom. The van der Waals surface area contributed by atoms with Crippen molar-refractivity contribution < 1.29 is 17.9 Å². The van der Waals surface area contributed by atoms with Crippen LogP contribution in [0.15, 0.2) is 29.3 Å². The van der Waals surface area contributed by atoms with Gasteiger partial charge in [-0.15, -0.1) is 0 Å². The largest absolute Gasteiger partial charge is 0.403 e. The van der Waals surface area contributed by atoms with Gasteiger partial charge in [0.2, 0.25) is 0 Å². The lowest BCUT2D eigenvalue weighted by atomic mass is 10.1. The number of para-hydroxylation sites is 1. The molecule has 6 nitrogen and oxygen atoms in total. The number of halogens is 3. The molecule has 1 N–H and O–H groups in total. The van der Waals surface area contributed by atoms with Gasteiger partial charge < -0.3 is 19.9 Å². The molecule has 1 atom stereocenters. The van der Waals surface area contributed by atoms with Crippen molar-refractivity contribution in [2.75, 3.05) is 63.9 Å². The molecule has 0 aromatic heterocycles. The number of anilines is 1. The van der Waals surface area contributed by atoms with E-state index in [0.717, 1.165) is 37.8 Å². The van der Waals surface area contributed by atoms with E-state index in [4.69, 9.17) is 9.73 Å². The van der Waals surface area contributed by atoms with E-state index >= 15 is 0 Å². The van der Waals surface area contributed by atoms with Crippen LogP contribution in [0.4, 0.5) is 18.9 Å². The van der Waals surface area contributed by atoms with Crippen molar-refractivity contribution in [3.63, 3.8) is 0 Å². The number of piperazine rings is 1. The third-order valence-corrected chi connectivity index (χ3v) is 5.71. The number of morpholine rings is 1. The monoisotopic (exact) mass is 427 g/mol. The maximum Gasteiger partial charge on any atom is 0.403 e. The average molecular weight is 428 g/mol. The Hall–Kier alpha value is -2.00. The van der Waals surface area contributed by atoms with Gasteiger partial charge in [-0.2, -0.15) is 13.2 Å². The Bertz CT molecular complexity index is 698. The van der Waals surface area contributed by atoms with Gasteiger partial charge in [0.1, 0.15) is 6.04 Å². The first-order valence-corrected chi connectivity index (χ1v) is 10.6. The molecule has 0 radical (unpaired) electrons. The Balaban J connectivity index is 1.66. The van der Waals surface area contributed by atoms with E-state index in [2.05, 4.69) is 27.2 Å². The molecule has 0 bridgehead atoms. The molecule has 1 aromatic carbocycles. The van der Waals surface area contributed by atoms with Crippen LogP contribution in [0, 0.1) is 0 Å². The van der Waals surface area contributed by atoms with Gasteiger partial charge in [0.15, 0.2) is 5.96 Å². The topological polar surface area (TPSA) is 43.3 Å². The molecule has 168 valence electrons. The van der Waals surface area contributed by atoms with E-state index in [0.29, 0.717) is 39.3 Å². The van der Waals surface area contributed by atoms with Gasteiger partial charge in [-0.1, -0.05) is 18.2 Å². The smallest absolute Gasteiger partial charge is 0.378 e. The maximum atomic E-state index is 13.0. The molecule has 2 saturated heterocycles. The molecule has 2 heterocycles. The van der Waals surface area contributed by atoms with Crippen LogP contribution in [-0.2, 0) is 11.3 Å². The third kappa shape index (κ3) is 5.78. The first kappa shape index (κ1) is 22.7. The highest BCUT2D eigenvalue weighted by molar-refractivity contribution is 5.80. The van der Waals surface area contributed by atoms with Crippen molar-refractivity contribution in [3.8, 4) is 0 Å². The van der Waals surface area contributed by atoms with Crippen LogP contribution in [0.5, 0.6) is 0 Å². The maximum absolute atomic E-state index is 13.0. The average Bonchev–Trinajstić information content (AvgIpc) is 2.76. The number of ether oxygens (including phenoxy) is 1. The quantitative estimate of drug-likeness (QED) is 0.578. The zero-order valence-electron chi connectivity index (χ0n) is 17.8. The molecule has 2 fully saturated rings. The molecule has 3 rings (SSSR count). The number of aliphatic imine (C=N–C) groups is 1. The zero-order chi connectivity index (χ0) is 21.6. The third-order valence-electron chi connectivity index (χ3n) is 5.71. The van der Waals surface area contributed by atoms with Gasteiger partial charge in [0.25, 0.3) is 0 Å². The van der Waals surface area contributed by atoms with Crippen molar-refractivity contribution in [1.29, 1.82) is 0 Å². The Kier molecular flexibility index (Phi) is 7.82. The lowest BCUT2D eigenvalue weighted by Crippen LogP contribution is -2.56. The number of alkyl halides is 3. The summed E-state index contributed by atoms with van der Waals surface area (Å²) in [4.78, 5) is 10.7. The van der Waals surface area contributed by atoms with Gasteiger partial charge in [0, 0.05) is 51.5 Å². The summed E-state index contributed by atoms with van der Waals surface area (Å²) < 4.78 is 44.5. The Labute approximate surface area is 176 Å². The SMILES string of the molecule is CCNC(=NCc1ccccc1N1CCOCC1)N1CCN(C(C)C(F)(F)F)CC1. The van der Waals surface area contributed by atoms with Crippen LogP contribution >= 0.6 is 0 Å². The zero-order valence-corrected chi connectivity index (χ0v) is 17.8. The highest BCUT2D eigenvalue weighted by Gasteiger charge is 2.41. The molecule has 0 spiro atoms. The van der Waals surface area contributed by atoms with E-state index < -0.39 is 12.2 Å².